The number of hydrogen-bond acceptors (Lipinski definition) is 3. The van der Waals surface area contributed by atoms with Crippen molar-refractivity contribution in [2.75, 3.05) is 4.72 Å². The standard InChI is InChI=1S/C17H12F2N4O2S/c18-14-6-13-16(7-15(14)19)20-9-17(13)22-26(24,25)12-8-21-23(10-12)11-4-2-1-3-5-11/h1-10,20,22H. The average molecular weight is 374 g/mol. The third kappa shape index (κ3) is 2.82. The molecule has 4 rings (SSSR count). The highest BCUT2D eigenvalue weighted by atomic mass is 32.2. The Bertz CT molecular complexity index is 1200. The Morgan fingerprint density at radius 3 is 2.58 bits per heavy atom. The summed E-state index contributed by atoms with van der Waals surface area (Å²) in [6.07, 6.45) is 3.92. The number of aromatic amines is 1. The fourth-order valence-corrected chi connectivity index (χ4v) is 3.57. The Kier molecular flexibility index (Phi) is 3.73. The van der Waals surface area contributed by atoms with Gasteiger partial charge in [0, 0.05) is 17.6 Å². The monoisotopic (exact) mass is 374 g/mol. The third-order valence-corrected chi connectivity index (χ3v) is 5.18. The zero-order valence-corrected chi connectivity index (χ0v) is 14.0. The highest BCUT2D eigenvalue weighted by Gasteiger charge is 2.19. The second kappa shape index (κ2) is 5.95. The van der Waals surface area contributed by atoms with E-state index in [9.17, 15) is 17.2 Å². The van der Waals surface area contributed by atoms with Crippen molar-refractivity contribution in [1.82, 2.24) is 14.8 Å². The topological polar surface area (TPSA) is 79.8 Å². The van der Waals surface area contributed by atoms with E-state index in [4.69, 9.17) is 0 Å². The SMILES string of the molecule is O=S(=O)(Nc1c[nH]c2cc(F)c(F)cc12)c1cnn(-c2ccccc2)c1. The van der Waals surface area contributed by atoms with Crippen molar-refractivity contribution in [3.8, 4) is 5.69 Å². The first kappa shape index (κ1) is 16.3. The molecule has 0 bridgehead atoms. The summed E-state index contributed by atoms with van der Waals surface area (Å²) in [6, 6.07) is 10.9. The Balaban J connectivity index is 1.68. The number of para-hydroxylation sites is 1. The molecule has 2 N–H and O–H groups in total. The zero-order chi connectivity index (χ0) is 18.3. The van der Waals surface area contributed by atoms with Gasteiger partial charge in [-0.1, -0.05) is 18.2 Å². The van der Waals surface area contributed by atoms with Gasteiger partial charge < -0.3 is 4.98 Å². The number of fused-ring (bicyclic) bond motifs is 1. The van der Waals surface area contributed by atoms with Gasteiger partial charge in [0.25, 0.3) is 10.0 Å². The van der Waals surface area contributed by atoms with Gasteiger partial charge >= 0.3 is 0 Å². The Hall–Kier alpha value is -3.20. The molecular formula is C17H12F2N4O2S. The van der Waals surface area contributed by atoms with Crippen LogP contribution in [0.3, 0.4) is 0 Å². The van der Waals surface area contributed by atoms with Crippen molar-refractivity contribution in [3.05, 3.63) is 72.7 Å². The van der Waals surface area contributed by atoms with E-state index in [1.807, 2.05) is 18.2 Å². The number of nitrogens with zero attached hydrogens (tertiary/aromatic N) is 2. The van der Waals surface area contributed by atoms with Crippen LogP contribution >= 0.6 is 0 Å². The van der Waals surface area contributed by atoms with Crippen LogP contribution in [0.2, 0.25) is 0 Å². The van der Waals surface area contributed by atoms with Gasteiger partial charge in [-0.2, -0.15) is 5.10 Å². The van der Waals surface area contributed by atoms with E-state index in [0.717, 1.165) is 12.1 Å². The number of sulfonamides is 1. The minimum atomic E-state index is -3.95. The predicted molar refractivity (Wildman–Crippen MR) is 92.6 cm³/mol. The summed E-state index contributed by atoms with van der Waals surface area (Å²) >= 11 is 0. The van der Waals surface area contributed by atoms with Crippen LogP contribution in [0.5, 0.6) is 0 Å². The first-order valence-corrected chi connectivity index (χ1v) is 9.01. The van der Waals surface area contributed by atoms with E-state index in [1.54, 1.807) is 12.1 Å². The summed E-state index contributed by atoms with van der Waals surface area (Å²) in [4.78, 5) is 2.65. The molecule has 4 aromatic rings. The lowest BCUT2D eigenvalue weighted by Crippen LogP contribution is -2.12. The molecule has 0 atom stereocenters. The molecule has 0 amide bonds. The summed E-state index contributed by atoms with van der Waals surface area (Å²) in [6.45, 7) is 0. The molecule has 0 fully saturated rings. The molecule has 6 nitrogen and oxygen atoms in total. The molecule has 2 aromatic carbocycles. The van der Waals surface area contributed by atoms with Gasteiger partial charge in [-0.3, -0.25) is 4.72 Å². The smallest absolute Gasteiger partial charge is 0.265 e. The lowest BCUT2D eigenvalue weighted by atomic mass is 10.2. The molecular weight excluding hydrogens is 362 g/mol. The molecule has 0 aliphatic carbocycles. The second-order valence-corrected chi connectivity index (χ2v) is 7.26. The van der Waals surface area contributed by atoms with Gasteiger partial charge in [0.05, 0.1) is 29.3 Å². The number of halogens is 2. The fourth-order valence-electron chi connectivity index (χ4n) is 2.57. The quantitative estimate of drug-likeness (QED) is 0.574. The van der Waals surface area contributed by atoms with E-state index in [-0.39, 0.29) is 21.5 Å². The number of H-pyrrole nitrogens is 1. The summed E-state index contributed by atoms with van der Waals surface area (Å²) in [5.74, 6) is -2.08. The number of nitrogens with one attached hydrogen (secondary N) is 2. The zero-order valence-electron chi connectivity index (χ0n) is 13.1. The third-order valence-electron chi connectivity index (χ3n) is 3.86. The van der Waals surface area contributed by atoms with Crippen molar-refractivity contribution in [3.63, 3.8) is 0 Å². The van der Waals surface area contributed by atoms with Crippen molar-refractivity contribution >= 4 is 26.6 Å². The van der Waals surface area contributed by atoms with Crippen LogP contribution in [-0.4, -0.2) is 23.2 Å². The molecule has 0 aliphatic heterocycles. The van der Waals surface area contributed by atoms with Crippen LogP contribution in [0.1, 0.15) is 0 Å². The maximum absolute atomic E-state index is 13.5. The summed E-state index contributed by atoms with van der Waals surface area (Å²) < 4.78 is 55.7. The maximum atomic E-state index is 13.5. The average Bonchev–Trinajstić information content (AvgIpc) is 3.25. The van der Waals surface area contributed by atoms with Crippen molar-refractivity contribution in [2.24, 2.45) is 0 Å². The minimum Gasteiger partial charge on any atom is -0.359 e. The lowest BCUT2D eigenvalue weighted by molar-refractivity contribution is 0.511. The molecule has 9 heteroatoms. The van der Waals surface area contributed by atoms with Crippen LogP contribution < -0.4 is 4.72 Å². The maximum Gasteiger partial charge on any atom is 0.265 e. The second-order valence-electron chi connectivity index (χ2n) is 5.58. The van der Waals surface area contributed by atoms with E-state index < -0.39 is 21.7 Å². The van der Waals surface area contributed by atoms with Crippen LogP contribution in [0, 0.1) is 11.6 Å². The van der Waals surface area contributed by atoms with Gasteiger partial charge in [-0.15, -0.1) is 0 Å². The van der Waals surface area contributed by atoms with Gasteiger partial charge in [0.1, 0.15) is 4.90 Å². The predicted octanol–water partition coefficient (Wildman–Crippen LogP) is 3.43. The largest absolute Gasteiger partial charge is 0.359 e. The van der Waals surface area contributed by atoms with Gasteiger partial charge in [0.15, 0.2) is 11.6 Å². The molecule has 2 heterocycles. The van der Waals surface area contributed by atoms with Gasteiger partial charge in [-0.05, 0) is 18.2 Å². The molecule has 2 aromatic heterocycles. The lowest BCUT2D eigenvalue weighted by Gasteiger charge is -2.05. The first-order valence-electron chi connectivity index (χ1n) is 7.53. The summed E-state index contributed by atoms with van der Waals surface area (Å²) in [7, 11) is -3.95. The van der Waals surface area contributed by atoms with Crippen molar-refractivity contribution in [2.45, 2.75) is 4.90 Å². The summed E-state index contributed by atoms with van der Waals surface area (Å²) in [5, 5.41) is 4.28. The minimum absolute atomic E-state index is 0.0571. The highest BCUT2D eigenvalue weighted by Crippen LogP contribution is 2.27. The van der Waals surface area contributed by atoms with Crippen LogP contribution in [0.15, 0.2) is 66.0 Å². The normalized spacial score (nSPS) is 11.8. The number of aromatic nitrogens is 3. The van der Waals surface area contributed by atoms with Crippen LogP contribution in [0.25, 0.3) is 16.6 Å². The number of anilines is 1. The summed E-state index contributed by atoms with van der Waals surface area (Å²) in [5.41, 5.74) is 1.10. The number of hydrogen-bond donors (Lipinski definition) is 2. The first-order chi connectivity index (χ1) is 12.4. The molecule has 0 aliphatic rings. The van der Waals surface area contributed by atoms with Crippen LogP contribution in [-0.2, 0) is 10.0 Å². The molecule has 0 radical (unpaired) electrons. The fraction of sp³-hybridized carbons (Fsp3) is 0. The molecule has 26 heavy (non-hydrogen) atoms. The Morgan fingerprint density at radius 2 is 1.81 bits per heavy atom. The van der Waals surface area contributed by atoms with E-state index in [1.165, 1.54) is 23.3 Å². The Morgan fingerprint density at radius 1 is 1.08 bits per heavy atom. The van der Waals surface area contributed by atoms with E-state index in [2.05, 4.69) is 14.8 Å². The highest BCUT2D eigenvalue weighted by molar-refractivity contribution is 7.92. The molecule has 0 unspecified atom stereocenters. The molecule has 0 saturated carbocycles. The van der Waals surface area contributed by atoms with Crippen LogP contribution in [0.4, 0.5) is 14.5 Å². The van der Waals surface area contributed by atoms with E-state index in [0.29, 0.717) is 5.69 Å². The van der Waals surface area contributed by atoms with Crippen molar-refractivity contribution < 1.29 is 17.2 Å². The van der Waals surface area contributed by atoms with Crippen molar-refractivity contribution in [1.29, 1.82) is 0 Å². The molecule has 132 valence electrons. The molecule has 0 spiro atoms. The van der Waals surface area contributed by atoms with E-state index >= 15 is 0 Å². The van der Waals surface area contributed by atoms with Gasteiger partial charge in [0.2, 0.25) is 0 Å². The number of rotatable bonds is 4. The molecule has 0 saturated heterocycles. The Labute approximate surface area is 147 Å². The number of benzene rings is 2. The van der Waals surface area contributed by atoms with Gasteiger partial charge in [-0.25, -0.2) is 21.9 Å².